The summed E-state index contributed by atoms with van der Waals surface area (Å²) in [7, 11) is 1.64. The Hall–Kier alpha value is -3.27. The molecule has 4 nitrogen and oxygen atoms in total. The van der Waals surface area contributed by atoms with Gasteiger partial charge in [-0.25, -0.2) is 0 Å². The molecule has 0 fully saturated rings. The molecule has 3 aromatic carbocycles. The van der Waals surface area contributed by atoms with Gasteiger partial charge in [-0.3, -0.25) is 4.79 Å². The Morgan fingerprint density at radius 2 is 1.42 bits per heavy atom. The highest BCUT2D eigenvalue weighted by Gasteiger charge is 2.06. The number of methoxy groups -OCH3 is 1. The van der Waals surface area contributed by atoms with Crippen LogP contribution in [0.3, 0.4) is 0 Å². The fourth-order valence-electron chi connectivity index (χ4n) is 2.33. The Morgan fingerprint density at radius 1 is 0.792 bits per heavy atom. The van der Waals surface area contributed by atoms with Crippen molar-refractivity contribution in [1.82, 2.24) is 0 Å². The van der Waals surface area contributed by atoms with Crippen LogP contribution in [-0.4, -0.2) is 13.0 Å². The van der Waals surface area contributed by atoms with Crippen LogP contribution >= 0.6 is 0 Å². The average molecular weight is 318 g/mol. The molecule has 0 bridgehead atoms. The molecule has 0 spiro atoms. The molecule has 120 valence electrons. The van der Waals surface area contributed by atoms with Gasteiger partial charge in [-0.15, -0.1) is 0 Å². The number of para-hydroxylation sites is 2. The van der Waals surface area contributed by atoms with Crippen LogP contribution in [0.4, 0.5) is 17.1 Å². The van der Waals surface area contributed by atoms with Crippen molar-refractivity contribution < 1.29 is 9.53 Å². The monoisotopic (exact) mass is 318 g/mol. The second-order valence-corrected chi connectivity index (χ2v) is 5.22. The molecule has 1 amide bonds. The molecule has 0 unspecified atom stereocenters. The highest BCUT2D eigenvalue weighted by Crippen LogP contribution is 2.27. The van der Waals surface area contributed by atoms with E-state index in [4.69, 9.17) is 4.74 Å². The zero-order valence-electron chi connectivity index (χ0n) is 13.3. The van der Waals surface area contributed by atoms with Crippen molar-refractivity contribution >= 4 is 23.0 Å². The molecule has 4 heteroatoms. The largest absolute Gasteiger partial charge is 0.495 e. The van der Waals surface area contributed by atoms with E-state index in [1.165, 1.54) is 0 Å². The Labute approximate surface area is 141 Å². The van der Waals surface area contributed by atoms with Crippen LogP contribution in [0.15, 0.2) is 78.9 Å². The Balaban J connectivity index is 1.68. The smallest absolute Gasteiger partial charge is 0.255 e. The van der Waals surface area contributed by atoms with Gasteiger partial charge in [0.15, 0.2) is 0 Å². The van der Waals surface area contributed by atoms with Crippen LogP contribution in [-0.2, 0) is 0 Å². The van der Waals surface area contributed by atoms with Crippen LogP contribution in [0, 0.1) is 0 Å². The first-order valence-electron chi connectivity index (χ1n) is 7.63. The summed E-state index contributed by atoms with van der Waals surface area (Å²) in [6, 6.07) is 24.4. The summed E-state index contributed by atoms with van der Waals surface area (Å²) >= 11 is 0. The minimum atomic E-state index is -0.124. The van der Waals surface area contributed by atoms with Gasteiger partial charge in [0.1, 0.15) is 5.75 Å². The van der Waals surface area contributed by atoms with Gasteiger partial charge in [-0.2, -0.15) is 0 Å². The van der Waals surface area contributed by atoms with E-state index in [1.54, 1.807) is 19.2 Å². The first-order chi connectivity index (χ1) is 11.8. The molecule has 0 heterocycles. The molecule has 0 saturated carbocycles. The summed E-state index contributed by atoms with van der Waals surface area (Å²) in [5, 5.41) is 6.18. The van der Waals surface area contributed by atoms with Crippen LogP contribution in [0.25, 0.3) is 0 Å². The molecule has 2 N–H and O–H groups in total. The van der Waals surface area contributed by atoms with Gasteiger partial charge < -0.3 is 15.4 Å². The lowest BCUT2D eigenvalue weighted by molar-refractivity contribution is 0.102. The highest BCUT2D eigenvalue weighted by atomic mass is 16.5. The van der Waals surface area contributed by atoms with Crippen LogP contribution in [0.1, 0.15) is 10.4 Å². The molecule has 0 aliphatic rings. The number of hydrogen-bond acceptors (Lipinski definition) is 3. The van der Waals surface area contributed by atoms with Gasteiger partial charge >= 0.3 is 0 Å². The molecular formula is C20H18N2O2. The molecule has 0 aromatic heterocycles. The molecule has 3 rings (SSSR count). The van der Waals surface area contributed by atoms with Gasteiger partial charge in [-0.1, -0.05) is 30.3 Å². The molecule has 0 atom stereocenters. The number of ether oxygens (including phenoxy) is 1. The first-order valence-corrected chi connectivity index (χ1v) is 7.63. The number of carbonyl (C=O) groups excluding carboxylic acids is 1. The van der Waals surface area contributed by atoms with Crippen molar-refractivity contribution in [1.29, 1.82) is 0 Å². The van der Waals surface area contributed by atoms with E-state index in [-0.39, 0.29) is 5.91 Å². The third kappa shape index (κ3) is 3.73. The Morgan fingerprint density at radius 3 is 2.12 bits per heavy atom. The SMILES string of the molecule is COc1ccccc1Nc1ccc(NC(=O)c2ccccc2)cc1. The number of benzene rings is 3. The maximum absolute atomic E-state index is 12.1. The number of rotatable bonds is 5. The van der Waals surface area contributed by atoms with E-state index in [1.807, 2.05) is 66.7 Å². The fraction of sp³-hybridized carbons (Fsp3) is 0.0500. The lowest BCUT2D eigenvalue weighted by Crippen LogP contribution is -2.11. The molecule has 0 aliphatic heterocycles. The maximum Gasteiger partial charge on any atom is 0.255 e. The summed E-state index contributed by atoms with van der Waals surface area (Å²) in [5.41, 5.74) is 3.18. The number of anilines is 3. The van der Waals surface area contributed by atoms with Crippen LogP contribution in [0.5, 0.6) is 5.75 Å². The predicted molar refractivity (Wildman–Crippen MR) is 97.1 cm³/mol. The normalized spacial score (nSPS) is 10.0. The predicted octanol–water partition coefficient (Wildman–Crippen LogP) is 4.69. The molecule has 3 aromatic rings. The summed E-state index contributed by atoms with van der Waals surface area (Å²) in [6.07, 6.45) is 0. The maximum atomic E-state index is 12.1. The standard InChI is InChI=1S/C20H18N2O2/c1-24-19-10-6-5-9-18(19)21-16-11-13-17(14-12-16)22-20(23)15-7-3-2-4-8-15/h2-14,21H,1H3,(H,22,23). The third-order valence-electron chi connectivity index (χ3n) is 3.56. The topological polar surface area (TPSA) is 50.4 Å². The number of carbonyl (C=O) groups is 1. The minimum absolute atomic E-state index is 0.124. The number of hydrogen-bond donors (Lipinski definition) is 2. The summed E-state index contributed by atoms with van der Waals surface area (Å²) < 4.78 is 5.32. The highest BCUT2D eigenvalue weighted by molar-refractivity contribution is 6.04. The molecule has 0 aliphatic carbocycles. The Bertz CT molecular complexity index is 815. The van der Waals surface area contributed by atoms with Crippen molar-refractivity contribution in [3.63, 3.8) is 0 Å². The van der Waals surface area contributed by atoms with E-state index in [2.05, 4.69) is 10.6 Å². The average Bonchev–Trinajstić information content (AvgIpc) is 2.64. The van der Waals surface area contributed by atoms with Crippen molar-refractivity contribution in [3.05, 3.63) is 84.4 Å². The van der Waals surface area contributed by atoms with Crippen molar-refractivity contribution in [2.24, 2.45) is 0 Å². The van der Waals surface area contributed by atoms with E-state index >= 15 is 0 Å². The lowest BCUT2D eigenvalue weighted by atomic mass is 10.2. The van der Waals surface area contributed by atoms with Crippen LogP contribution in [0.2, 0.25) is 0 Å². The van der Waals surface area contributed by atoms with Gasteiger partial charge in [0.2, 0.25) is 0 Å². The second-order valence-electron chi connectivity index (χ2n) is 5.22. The van der Waals surface area contributed by atoms with Gasteiger partial charge in [0, 0.05) is 16.9 Å². The van der Waals surface area contributed by atoms with E-state index in [0.29, 0.717) is 5.56 Å². The zero-order valence-corrected chi connectivity index (χ0v) is 13.3. The lowest BCUT2D eigenvalue weighted by Gasteiger charge is -2.11. The molecule has 0 saturated heterocycles. The molecule has 0 radical (unpaired) electrons. The van der Waals surface area contributed by atoms with Gasteiger partial charge in [0.05, 0.1) is 12.8 Å². The van der Waals surface area contributed by atoms with Crippen molar-refractivity contribution in [2.45, 2.75) is 0 Å². The first kappa shape index (κ1) is 15.6. The van der Waals surface area contributed by atoms with Gasteiger partial charge in [0.25, 0.3) is 5.91 Å². The van der Waals surface area contributed by atoms with Crippen molar-refractivity contribution in [2.75, 3.05) is 17.7 Å². The van der Waals surface area contributed by atoms with Gasteiger partial charge in [-0.05, 0) is 48.5 Å². The molecular weight excluding hydrogens is 300 g/mol. The van der Waals surface area contributed by atoms with Crippen molar-refractivity contribution in [3.8, 4) is 5.75 Å². The quantitative estimate of drug-likeness (QED) is 0.717. The second kappa shape index (κ2) is 7.33. The summed E-state index contributed by atoms with van der Waals surface area (Å²) in [4.78, 5) is 12.1. The van der Waals surface area contributed by atoms with E-state index in [9.17, 15) is 4.79 Å². The molecule has 24 heavy (non-hydrogen) atoms. The summed E-state index contributed by atoms with van der Waals surface area (Å²) in [6.45, 7) is 0. The third-order valence-corrected chi connectivity index (χ3v) is 3.56. The van der Waals surface area contributed by atoms with Crippen LogP contribution < -0.4 is 15.4 Å². The fourth-order valence-corrected chi connectivity index (χ4v) is 2.33. The van der Waals surface area contributed by atoms with E-state index < -0.39 is 0 Å². The Kier molecular flexibility index (Phi) is 4.77. The summed E-state index contributed by atoms with van der Waals surface area (Å²) in [5.74, 6) is 0.653. The minimum Gasteiger partial charge on any atom is -0.495 e. The van der Waals surface area contributed by atoms with E-state index in [0.717, 1.165) is 22.8 Å². The zero-order chi connectivity index (χ0) is 16.8. The number of amides is 1. The number of nitrogens with one attached hydrogen (secondary N) is 2.